The van der Waals surface area contributed by atoms with Crippen LogP contribution < -0.4 is 5.32 Å². The molecular weight excluding hydrogens is 316 g/mol. The molecule has 2 rings (SSSR count). The van der Waals surface area contributed by atoms with E-state index in [9.17, 15) is 9.90 Å². The number of ether oxygens (including phenoxy) is 1. The van der Waals surface area contributed by atoms with Gasteiger partial charge in [-0.05, 0) is 51.8 Å². The van der Waals surface area contributed by atoms with Crippen LogP contribution in [-0.2, 0) is 9.53 Å². The van der Waals surface area contributed by atoms with Crippen LogP contribution in [0, 0.1) is 19.3 Å². The van der Waals surface area contributed by atoms with E-state index in [4.69, 9.17) is 4.74 Å². The van der Waals surface area contributed by atoms with Crippen molar-refractivity contribution in [3.63, 3.8) is 0 Å². The third-order valence-corrected chi connectivity index (χ3v) is 5.19. The first-order valence-corrected chi connectivity index (χ1v) is 9.09. The number of hydrogen-bond acceptors (Lipinski definition) is 4. The second-order valence-electron chi connectivity index (χ2n) is 7.59. The smallest absolute Gasteiger partial charge is 0.234 e. The molecule has 1 amide bonds. The molecule has 2 N–H and O–H groups in total. The number of nitrogens with one attached hydrogen (secondary N) is 1. The second kappa shape index (κ2) is 8.79. The Bertz CT molecular complexity index is 582. The molecular formula is C20H32N2O3. The van der Waals surface area contributed by atoms with E-state index in [0.29, 0.717) is 26.3 Å². The predicted molar refractivity (Wildman–Crippen MR) is 99.5 cm³/mol. The molecule has 1 fully saturated rings. The highest BCUT2D eigenvalue weighted by Crippen LogP contribution is 2.30. The van der Waals surface area contributed by atoms with Gasteiger partial charge in [0.1, 0.15) is 0 Å². The lowest BCUT2D eigenvalue weighted by Crippen LogP contribution is -2.45. The molecule has 1 saturated heterocycles. The maximum absolute atomic E-state index is 12.4. The highest BCUT2D eigenvalue weighted by Gasteiger charge is 2.33. The first kappa shape index (κ1) is 19.9. The maximum Gasteiger partial charge on any atom is 0.234 e. The fourth-order valence-electron chi connectivity index (χ4n) is 3.64. The van der Waals surface area contributed by atoms with Gasteiger partial charge in [0, 0.05) is 25.2 Å². The zero-order valence-electron chi connectivity index (χ0n) is 16.0. The number of hydrogen-bond donors (Lipinski definition) is 2. The van der Waals surface area contributed by atoms with E-state index in [1.54, 1.807) is 0 Å². The Balaban J connectivity index is 1.89. The van der Waals surface area contributed by atoms with Gasteiger partial charge in [0.25, 0.3) is 0 Å². The molecule has 1 atom stereocenters. The largest absolute Gasteiger partial charge is 0.396 e. The minimum Gasteiger partial charge on any atom is -0.396 e. The monoisotopic (exact) mass is 348 g/mol. The molecule has 5 heteroatoms. The van der Waals surface area contributed by atoms with Crippen LogP contribution in [0.5, 0.6) is 0 Å². The lowest BCUT2D eigenvalue weighted by molar-refractivity contribution is -0.123. The fraction of sp³-hybridized carbons (Fsp3) is 0.650. The van der Waals surface area contributed by atoms with Gasteiger partial charge in [0.2, 0.25) is 5.91 Å². The van der Waals surface area contributed by atoms with Gasteiger partial charge in [-0.25, -0.2) is 0 Å². The summed E-state index contributed by atoms with van der Waals surface area (Å²) in [5.74, 6) is 0.0102. The van der Waals surface area contributed by atoms with Crippen LogP contribution in [0.1, 0.15) is 42.5 Å². The Morgan fingerprint density at radius 1 is 1.36 bits per heavy atom. The zero-order chi connectivity index (χ0) is 18.4. The minimum atomic E-state index is -0.147. The van der Waals surface area contributed by atoms with Crippen molar-refractivity contribution in [3.8, 4) is 0 Å². The van der Waals surface area contributed by atoms with E-state index in [-0.39, 0.29) is 24.0 Å². The molecule has 25 heavy (non-hydrogen) atoms. The third kappa shape index (κ3) is 5.53. The van der Waals surface area contributed by atoms with Crippen molar-refractivity contribution in [1.29, 1.82) is 0 Å². The molecule has 0 spiro atoms. The first-order chi connectivity index (χ1) is 11.8. The Morgan fingerprint density at radius 2 is 2.04 bits per heavy atom. The van der Waals surface area contributed by atoms with Crippen LogP contribution in [0.15, 0.2) is 18.2 Å². The SMILES string of the molecule is Cc1ccc(C)c([C@H](C)NC(=O)CN(C)CC2(CO)CCOCC2)c1. The van der Waals surface area contributed by atoms with Crippen molar-refractivity contribution in [2.24, 2.45) is 5.41 Å². The van der Waals surface area contributed by atoms with Crippen LogP contribution in [0.4, 0.5) is 0 Å². The fourth-order valence-corrected chi connectivity index (χ4v) is 3.64. The number of aliphatic hydroxyl groups excluding tert-OH is 1. The number of aryl methyl sites for hydroxylation is 2. The van der Waals surface area contributed by atoms with Gasteiger partial charge in [-0.15, -0.1) is 0 Å². The molecule has 0 bridgehead atoms. The van der Waals surface area contributed by atoms with Gasteiger partial charge in [-0.1, -0.05) is 23.8 Å². The van der Waals surface area contributed by atoms with E-state index in [1.807, 2.05) is 18.9 Å². The Morgan fingerprint density at radius 3 is 2.68 bits per heavy atom. The summed E-state index contributed by atoms with van der Waals surface area (Å²) in [5, 5.41) is 12.9. The van der Waals surface area contributed by atoms with Crippen LogP contribution in [-0.4, -0.2) is 55.9 Å². The van der Waals surface area contributed by atoms with E-state index < -0.39 is 0 Å². The quantitative estimate of drug-likeness (QED) is 0.793. The van der Waals surface area contributed by atoms with Crippen molar-refractivity contribution in [2.75, 3.05) is 40.0 Å². The molecule has 140 valence electrons. The highest BCUT2D eigenvalue weighted by atomic mass is 16.5. The molecule has 0 unspecified atom stereocenters. The van der Waals surface area contributed by atoms with Crippen molar-refractivity contribution in [1.82, 2.24) is 10.2 Å². The standard InChI is InChI=1S/C20H32N2O3/c1-15-5-6-16(2)18(11-15)17(3)21-19(24)12-22(4)13-20(14-23)7-9-25-10-8-20/h5-6,11,17,23H,7-10,12-14H2,1-4H3,(H,21,24)/t17-/m0/s1. The Kier molecular flexibility index (Phi) is 6.99. The van der Waals surface area contributed by atoms with Gasteiger partial charge in [0.05, 0.1) is 19.2 Å². The molecule has 1 heterocycles. The van der Waals surface area contributed by atoms with Crippen LogP contribution in [0.3, 0.4) is 0 Å². The number of aliphatic hydroxyl groups is 1. The van der Waals surface area contributed by atoms with E-state index in [1.165, 1.54) is 11.1 Å². The molecule has 1 aliphatic heterocycles. The van der Waals surface area contributed by atoms with Crippen molar-refractivity contribution < 1.29 is 14.6 Å². The number of amides is 1. The molecule has 0 aliphatic carbocycles. The van der Waals surface area contributed by atoms with Crippen molar-refractivity contribution in [3.05, 3.63) is 34.9 Å². The van der Waals surface area contributed by atoms with Gasteiger partial charge >= 0.3 is 0 Å². The van der Waals surface area contributed by atoms with E-state index in [2.05, 4.69) is 37.4 Å². The van der Waals surface area contributed by atoms with Gasteiger partial charge in [0.15, 0.2) is 0 Å². The van der Waals surface area contributed by atoms with E-state index >= 15 is 0 Å². The number of likely N-dealkylation sites (N-methyl/N-ethyl adjacent to an activating group) is 1. The molecule has 0 aromatic heterocycles. The van der Waals surface area contributed by atoms with Gasteiger partial charge in [-0.3, -0.25) is 9.69 Å². The third-order valence-electron chi connectivity index (χ3n) is 5.19. The van der Waals surface area contributed by atoms with Crippen LogP contribution in [0.2, 0.25) is 0 Å². The average molecular weight is 348 g/mol. The number of carbonyl (C=O) groups is 1. The number of benzene rings is 1. The van der Waals surface area contributed by atoms with E-state index in [0.717, 1.165) is 18.4 Å². The molecule has 5 nitrogen and oxygen atoms in total. The Labute approximate surface area is 151 Å². The number of carbonyl (C=O) groups excluding carboxylic acids is 1. The lowest BCUT2D eigenvalue weighted by atomic mass is 9.80. The minimum absolute atomic E-state index is 0.0102. The molecule has 1 aromatic carbocycles. The summed E-state index contributed by atoms with van der Waals surface area (Å²) >= 11 is 0. The normalized spacial score (nSPS) is 18.2. The van der Waals surface area contributed by atoms with Gasteiger partial charge in [-0.2, -0.15) is 0 Å². The van der Waals surface area contributed by atoms with Crippen LogP contribution >= 0.6 is 0 Å². The Hall–Kier alpha value is -1.43. The summed E-state index contributed by atoms with van der Waals surface area (Å²) in [6, 6.07) is 6.29. The van der Waals surface area contributed by atoms with Crippen molar-refractivity contribution >= 4 is 5.91 Å². The summed E-state index contributed by atoms with van der Waals surface area (Å²) in [7, 11) is 1.94. The zero-order valence-corrected chi connectivity index (χ0v) is 16.0. The molecule has 1 aromatic rings. The number of nitrogens with zero attached hydrogens (tertiary/aromatic N) is 1. The highest BCUT2D eigenvalue weighted by molar-refractivity contribution is 5.78. The summed E-state index contributed by atoms with van der Waals surface area (Å²) in [5.41, 5.74) is 3.40. The summed E-state index contributed by atoms with van der Waals surface area (Å²) in [4.78, 5) is 14.4. The first-order valence-electron chi connectivity index (χ1n) is 9.09. The second-order valence-corrected chi connectivity index (χ2v) is 7.59. The summed E-state index contributed by atoms with van der Waals surface area (Å²) in [6.07, 6.45) is 1.68. The average Bonchev–Trinajstić information content (AvgIpc) is 2.57. The lowest BCUT2D eigenvalue weighted by Gasteiger charge is -2.38. The van der Waals surface area contributed by atoms with Crippen LogP contribution in [0.25, 0.3) is 0 Å². The summed E-state index contributed by atoms with van der Waals surface area (Å²) in [6.45, 7) is 8.70. The maximum atomic E-state index is 12.4. The van der Waals surface area contributed by atoms with Crippen molar-refractivity contribution in [2.45, 2.75) is 39.7 Å². The number of rotatable bonds is 7. The summed E-state index contributed by atoms with van der Waals surface area (Å²) < 4.78 is 5.40. The molecule has 1 aliphatic rings. The molecule has 0 saturated carbocycles. The topological polar surface area (TPSA) is 61.8 Å². The van der Waals surface area contributed by atoms with Gasteiger partial charge < -0.3 is 15.2 Å². The predicted octanol–water partition coefficient (Wildman–Crippen LogP) is 2.20. The molecule has 0 radical (unpaired) electrons.